The summed E-state index contributed by atoms with van der Waals surface area (Å²) in [6.45, 7) is 4.44. The van der Waals surface area contributed by atoms with Gasteiger partial charge < -0.3 is 10.6 Å². The lowest BCUT2D eigenvalue weighted by Crippen LogP contribution is -2.36. The normalized spacial score (nSPS) is 11.3. The highest BCUT2D eigenvalue weighted by atomic mass is 19.1. The Morgan fingerprint density at radius 2 is 1.68 bits per heavy atom. The lowest BCUT2D eigenvalue weighted by Gasteiger charge is -2.12. The molecule has 0 saturated heterocycles. The van der Waals surface area contributed by atoms with E-state index in [-0.39, 0.29) is 29.2 Å². The van der Waals surface area contributed by atoms with Gasteiger partial charge in [-0.3, -0.25) is 9.59 Å². The molecule has 2 aromatic carbocycles. The SMILES string of the molecule is CC(C)CNC(=O)/C(=C/c1ccc(F)cc1)NC(=O)c1ccccc1. The zero-order valence-electron chi connectivity index (χ0n) is 14.3. The highest BCUT2D eigenvalue weighted by Gasteiger charge is 2.14. The summed E-state index contributed by atoms with van der Waals surface area (Å²) in [6.07, 6.45) is 1.52. The molecule has 0 aromatic heterocycles. The molecule has 0 bridgehead atoms. The van der Waals surface area contributed by atoms with E-state index in [0.29, 0.717) is 17.7 Å². The molecule has 0 saturated carbocycles. The fourth-order valence-electron chi connectivity index (χ4n) is 2.06. The molecule has 0 atom stereocenters. The molecule has 2 rings (SSSR count). The van der Waals surface area contributed by atoms with Gasteiger partial charge in [0.1, 0.15) is 11.5 Å². The molecular formula is C20H21FN2O2. The third-order valence-electron chi connectivity index (χ3n) is 3.38. The third-order valence-corrected chi connectivity index (χ3v) is 3.38. The summed E-state index contributed by atoms with van der Waals surface area (Å²) < 4.78 is 13.1. The van der Waals surface area contributed by atoms with Gasteiger partial charge in [0.05, 0.1) is 0 Å². The van der Waals surface area contributed by atoms with Crippen LogP contribution in [0, 0.1) is 11.7 Å². The first-order valence-corrected chi connectivity index (χ1v) is 8.07. The molecule has 0 spiro atoms. The minimum absolute atomic E-state index is 0.112. The van der Waals surface area contributed by atoms with E-state index in [4.69, 9.17) is 0 Å². The highest BCUT2D eigenvalue weighted by Crippen LogP contribution is 2.09. The molecule has 0 fully saturated rings. The van der Waals surface area contributed by atoms with Gasteiger partial charge in [0.2, 0.25) is 0 Å². The van der Waals surface area contributed by atoms with Crippen molar-refractivity contribution in [2.75, 3.05) is 6.54 Å². The summed E-state index contributed by atoms with van der Waals surface area (Å²) in [5.41, 5.74) is 1.18. The maximum absolute atomic E-state index is 13.1. The Morgan fingerprint density at radius 3 is 2.28 bits per heavy atom. The maximum Gasteiger partial charge on any atom is 0.267 e. The van der Waals surface area contributed by atoms with E-state index in [1.807, 2.05) is 13.8 Å². The Balaban J connectivity index is 2.23. The second-order valence-electron chi connectivity index (χ2n) is 6.03. The van der Waals surface area contributed by atoms with Gasteiger partial charge in [-0.2, -0.15) is 0 Å². The topological polar surface area (TPSA) is 58.2 Å². The van der Waals surface area contributed by atoms with Gasteiger partial charge in [-0.1, -0.05) is 44.2 Å². The molecule has 2 aromatic rings. The van der Waals surface area contributed by atoms with Crippen LogP contribution in [0.1, 0.15) is 29.8 Å². The molecule has 0 radical (unpaired) electrons. The van der Waals surface area contributed by atoms with E-state index in [9.17, 15) is 14.0 Å². The number of hydrogen-bond acceptors (Lipinski definition) is 2. The monoisotopic (exact) mass is 340 g/mol. The molecule has 0 heterocycles. The number of carbonyl (C=O) groups is 2. The Hall–Kier alpha value is -2.95. The number of amides is 2. The van der Waals surface area contributed by atoms with Gasteiger partial charge in [-0.15, -0.1) is 0 Å². The number of rotatable bonds is 6. The van der Waals surface area contributed by atoms with Crippen LogP contribution in [-0.2, 0) is 4.79 Å². The van der Waals surface area contributed by atoms with Crippen molar-refractivity contribution in [3.63, 3.8) is 0 Å². The van der Waals surface area contributed by atoms with Crippen LogP contribution in [0.5, 0.6) is 0 Å². The highest BCUT2D eigenvalue weighted by molar-refractivity contribution is 6.05. The average Bonchev–Trinajstić information content (AvgIpc) is 2.61. The summed E-state index contributed by atoms with van der Waals surface area (Å²) in [4.78, 5) is 24.8. The van der Waals surface area contributed by atoms with Crippen molar-refractivity contribution in [3.8, 4) is 0 Å². The van der Waals surface area contributed by atoms with Gasteiger partial charge in [0, 0.05) is 12.1 Å². The minimum atomic E-state index is -0.387. The van der Waals surface area contributed by atoms with E-state index >= 15 is 0 Å². The second kappa shape index (κ2) is 8.78. The molecule has 0 aliphatic rings. The standard InChI is InChI=1S/C20H21FN2O2/c1-14(2)13-22-20(25)18(12-15-8-10-17(21)11-9-15)23-19(24)16-6-4-3-5-7-16/h3-12,14H,13H2,1-2H3,(H,22,25)(H,23,24)/b18-12-. The van der Waals surface area contributed by atoms with E-state index in [1.165, 1.54) is 18.2 Å². The molecule has 0 unspecified atom stereocenters. The van der Waals surface area contributed by atoms with E-state index in [1.54, 1.807) is 42.5 Å². The first-order chi connectivity index (χ1) is 12.0. The van der Waals surface area contributed by atoms with Gasteiger partial charge >= 0.3 is 0 Å². The number of hydrogen-bond donors (Lipinski definition) is 2. The van der Waals surface area contributed by atoms with Crippen molar-refractivity contribution in [1.29, 1.82) is 0 Å². The third kappa shape index (κ3) is 5.88. The minimum Gasteiger partial charge on any atom is -0.351 e. The Bertz CT molecular complexity index is 753. The van der Waals surface area contributed by atoms with E-state index in [0.717, 1.165) is 0 Å². The Morgan fingerprint density at radius 1 is 1.04 bits per heavy atom. The van der Waals surface area contributed by atoms with Gasteiger partial charge in [-0.05, 0) is 41.8 Å². The first-order valence-electron chi connectivity index (χ1n) is 8.07. The van der Waals surface area contributed by atoms with Crippen molar-refractivity contribution in [2.45, 2.75) is 13.8 Å². The van der Waals surface area contributed by atoms with Gasteiger partial charge in [0.25, 0.3) is 11.8 Å². The fraction of sp³-hybridized carbons (Fsp3) is 0.200. The quantitative estimate of drug-likeness (QED) is 0.792. The molecule has 2 amide bonds. The van der Waals surface area contributed by atoms with Crippen molar-refractivity contribution < 1.29 is 14.0 Å². The summed E-state index contributed by atoms with van der Waals surface area (Å²) >= 11 is 0. The average molecular weight is 340 g/mol. The number of benzene rings is 2. The van der Waals surface area contributed by atoms with Crippen LogP contribution in [-0.4, -0.2) is 18.4 Å². The van der Waals surface area contributed by atoms with Crippen molar-refractivity contribution in [3.05, 3.63) is 77.2 Å². The lowest BCUT2D eigenvalue weighted by molar-refractivity contribution is -0.117. The van der Waals surface area contributed by atoms with Crippen LogP contribution in [0.4, 0.5) is 4.39 Å². The van der Waals surface area contributed by atoms with Crippen LogP contribution >= 0.6 is 0 Å². The molecular weight excluding hydrogens is 319 g/mol. The van der Waals surface area contributed by atoms with Crippen LogP contribution < -0.4 is 10.6 Å². The maximum atomic E-state index is 13.1. The summed E-state index contributed by atoms with van der Waals surface area (Å²) in [7, 11) is 0. The van der Waals surface area contributed by atoms with Crippen LogP contribution in [0.3, 0.4) is 0 Å². The van der Waals surface area contributed by atoms with Crippen LogP contribution in [0.2, 0.25) is 0 Å². The Kier molecular flexibility index (Phi) is 6.46. The molecule has 130 valence electrons. The predicted molar refractivity (Wildman–Crippen MR) is 96.1 cm³/mol. The lowest BCUT2D eigenvalue weighted by atomic mass is 10.1. The fourth-order valence-corrected chi connectivity index (χ4v) is 2.06. The first kappa shape index (κ1) is 18.4. The smallest absolute Gasteiger partial charge is 0.267 e. The molecule has 5 heteroatoms. The van der Waals surface area contributed by atoms with Crippen molar-refractivity contribution in [2.24, 2.45) is 5.92 Å². The molecule has 4 nitrogen and oxygen atoms in total. The molecule has 2 N–H and O–H groups in total. The predicted octanol–water partition coefficient (Wildman–Crippen LogP) is 3.37. The van der Waals surface area contributed by atoms with Crippen LogP contribution in [0.25, 0.3) is 6.08 Å². The van der Waals surface area contributed by atoms with E-state index < -0.39 is 0 Å². The summed E-state index contributed by atoms with van der Waals surface area (Å²) in [5.74, 6) is -0.854. The molecule has 25 heavy (non-hydrogen) atoms. The van der Waals surface area contributed by atoms with E-state index in [2.05, 4.69) is 10.6 Å². The zero-order valence-corrected chi connectivity index (χ0v) is 14.3. The largest absolute Gasteiger partial charge is 0.351 e. The summed E-state index contributed by atoms with van der Waals surface area (Å²) in [5, 5.41) is 5.41. The Labute approximate surface area is 146 Å². The number of halogens is 1. The zero-order chi connectivity index (χ0) is 18.2. The second-order valence-corrected chi connectivity index (χ2v) is 6.03. The van der Waals surface area contributed by atoms with Gasteiger partial charge in [0.15, 0.2) is 0 Å². The van der Waals surface area contributed by atoms with Crippen molar-refractivity contribution in [1.82, 2.24) is 10.6 Å². The summed E-state index contributed by atoms with van der Waals surface area (Å²) in [6, 6.07) is 14.3. The van der Waals surface area contributed by atoms with Gasteiger partial charge in [-0.25, -0.2) is 4.39 Å². The molecule has 0 aliphatic carbocycles. The molecule has 0 aliphatic heterocycles. The van der Waals surface area contributed by atoms with Crippen LogP contribution in [0.15, 0.2) is 60.3 Å². The van der Waals surface area contributed by atoms with Crippen molar-refractivity contribution >= 4 is 17.9 Å². The number of carbonyl (C=O) groups excluding carboxylic acids is 2. The number of nitrogens with one attached hydrogen (secondary N) is 2.